The van der Waals surface area contributed by atoms with E-state index in [0.717, 1.165) is 11.3 Å². The summed E-state index contributed by atoms with van der Waals surface area (Å²) in [6, 6.07) is 5.23. The fraction of sp³-hybridized carbons (Fsp3) is 0.417. The molecule has 0 radical (unpaired) electrons. The van der Waals surface area contributed by atoms with Crippen LogP contribution in [0.2, 0.25) is 0 Å². The third-order valence-electron chi connectivity index (χ3n) is 1.84. The Morgan fingerprint density at radius 1 is 1.20 bits per heavy atom. The van der Waals surface area contributed by atoms with Gasteiger partial charge in [0, 0.05) is 0 Å². The standard InChI is InChI=1S/C10H12O3.C2H6/c1-7-6-8(12-2)4-5-9(7)10(11)13-3;1-2/h4-6H,1-3H3;1-2H3. The van der Waals surface area contributed by atoms with E-state index in [1.807, 2.05) is 20.8 Å². The number of ether oxygens (including phenoxy) is 2. The third kappa shape index (κ3) is 3.62. The first-order chi connectivity index (χ1) is 7.19. The molecule has 0 amide bonds. The maximum Gasteiger partial charge on any atom is 0.338 e. The lowest BCUT2D eigenvalue weighted by Crippen LogP contribution is -2.03. The molecule has 0 atom stereocenters. The molecule has 0 N–H and O–H groups in total. The van der Waals surface area contributed by atoms with Crippen LogP contribution in [0, 0.1) is 6.92 Å². The number of carbonyl (C=O) groups is 1. The Morgan fingerprint density at radius 3 is 2.20 bits per heavy atom. The van der Waals surface area contributed by atoms with E-state index in [9.17, 15) is 4.79 Å². The molecule has 0 aliphatic heterocycles. The predicted octanol–water partition coefficient (Wildman–Crippen LogP) is 2.82. The van der Waals surface area contributed by atoms with Crippen molar-refractivity contribution >= 4 is 5.97 Å². The molecule has 3 heteroatoms. The van der Waals surface area contributed by atoms with E-state index in [4.69, 9.17) is 4.74 Å². The molecule has 0 unspecified atom stereocenters. The van der Waals surface area contributed by atoms with Crippen LogP contribution in [-0.4, -0.2) is 20.2 Å². The van der Waals surface area contributed by atoms with Crippen molar-refractivity contribution in [2.24, 2.45) is 0 Å². The number of hydrogen-bond donors (Lipinski definition) is 0. The quantitative estimate of drug-likeness (QED) is 0.704. The lowest BCUT2D eigenvalue weighted by molar-refractivity contribution is 0.0600. The van der Waals surface area contributed by atoms with Gasteiger partial charge in [0.25, 0.3) is 0 Å². The molecule has 0 heterocycles. The molecule has 15 heavy (non-hydrogen) atoms. The second-order valence-corrected chi connectivity index (χ2v) is 2.67. The normalized spacial score (nSPS) is 8.60. The van der Waals surface area contributed by atoms with Crippen LogP contribution in [0.4, 0.5) is 0 Å². The van der Waals surface area contributed by atoms with Gasteiger partial charge in [-0.25, -0.2) is 4.79 Å². The predicted molar refractivity (Wildman–Crippen MR) is 60.4 cm³/mol. The van der Waals surface area contributed by atoms with Crippen molar-refractivity contribution in [1.82, 2.24) is 0 Å². The summed E-state index contributed by atoms with van der Waals surface area (Å²) in [4.78, 5) is 11.2. The fourth-order valence-electron chi connectivity index (χ4n) is 1.10. The number of aryl methyl sites for hydroxylation is 1. The molecule has 0 saturated carbocycles. The lowest BCUT2D eigenvalue weighted by Gasteiger charge is -2.05. The van der Waals surface area contributed by atoms with E-state index >= 15 is 0 Å². The molecule has 0 spiro atoms. The van der Waals surface area contributed by atoms with Gasteiger partial charge in [0.1, 0.15) is 5.75 Å². The minimum absolute atomic E-state index is 0.319. The van der Waals surface area contributed by atoms with Crippen molar-refractivity contribution in [2.75, 3.05) is 14.2 Å². The van der Waals surface area contributed by atoms with Crippen LogP contribution >= 0.6 is 0 Å². The number of esters is 1. The van der Waals surface area contributed by atoms with Crippen LogP contribution < -0.4 is 4.74 Å². The van der Waals surface area contributed by atoms with E-state index in [0.29, 0.717) is 5.56 Å². The number of methoxy groups -OCH3 is 2. The summed E-state index contributed by atoms with van der Waals surface area (Å²) in [6.07, 6.45) is 0. The van der Waals surface area contributed by atoms with Gasteiger partial charge in [0.15, 0.2) is 0 Å². The second kappa shape index (κ2) is 6.87. The number of rotatable bonds is 2. The number of carbonyl (C=O) groups excluding carboxylic acids is 1. The highest BCUT2D eigenvalue weighted by Gasteiger charge is 2.08. The molecule has 1 aromatic carbocycles. The van der Waals surface area contributed by atoms with Crippen molar-refractivity contribution in [3.05, 3.63) is 29.3 Å². The van der Waals surface area contributed by atoms with Gasteiger partial charge in [-0.15, -0.1) is 0 Å². The molecule has 0 fully saturated rings. The maximum absolute atomic E-state index is 11.2. The highest BCUT2D eigenvalue weighted by Crippen LogP contribution is 2.17. The summed E-state index contributed by atoms with van der Waals surface area (Å²) >= 11 is 0. The van der Waals surface area contributed by atoms with Crippen LogP contribution in [0.1, 0.15) is 29.8 Å². The summed E-state index contributed by atoms with van der Waals surface area (Å²) in [5.41, 5.74) is 1.43. The topological polar surface area (TPSA) is 35.5 Å². The smallest absolute Gasteiger partial charge is 0.338 e. The highest BCUT2D eigenvalue weighted by atomic mass is 16.5. The maximum atomic E-state index is 11.2. The second-order valence-electron chi connectivity index (χ2n) is 2.67. The minimum Gasteiger partial charge on any atom is -0.497 e. The molecule has 0 aliphatic rings. The van der Waals surface area contributed by atoms with Crippen molar-refractivity contribution in [1.29, 1.82) is 0 Å². The van der Waals surface area contributed by atoms with Crippen LogP contribution in [0.15, 0.2) is 18.2 Å². The Labute approximate surface area is 91.0 Å². The molecule has 1 aromatic rings. The van der Waals surface area contributed by atoms with Gasteiger partial charge in [0.05, 0.1) is 19.8 Å². The number of hydrogen-bond acceptors (Lipinski definition) is 3. The summed E-state index contributed by atoms with van der Waals surface area (Å²) in [5.74, 6) is 0.422. The Hall–Kier alpha value is -1.51. The largest absolute Gasteiger partial charge is 0.497 e. The highest BCUT2D eigenvalue weighted by molar-refractivity contribution is 5.91. The molecule has 1 rings (SSSR count). The molecule has 0 saturated heterocycles. The van der Waals surface area contributed by atoms with Gasteiger partial charge in [-0.3, -0.25) is 0 Å². The number of benzene rings is 1. The van der Waals surface area contributed by atoms with E-state index < -0.39 is 0 Å². The summed E-state index contributed by atoms with van der Waals surface area (Å²) in [6.45, 7) is 5.84. The molecule has 0 aromatic heterocycles. The zero-order chi connectivity index (χ0) is 11.8. The molecular weight excluding hydrogens is 192 g/mol. The monoisotopic (exact) mass is 210 g/mol. The Kier molecular flexibility index (Phi) is 6.18. The zero-order valence-electron chi connectivity index (χ0n) is 9.96. The molecule has 0 bridgehead atoms. The van der Waals surface area contributed by atoms with Crippen molar-refractivity contribution in [2.45, 2.75) is 20.8 Å². The van der Waals surface area contributed by atoms with Crippen LogP contribution in [0.3, 0.4) is 0 Å². The van der Waals surface area contributed by atoms with Gasteiger partial charge in [-0.05, 0) is 30.7 Å². The van der Waals surface area contributed by atoms with Crippen molar-refractivity contribution < 1.29 is 14.3 Å². The first-order valence-electron chi connectivity index (χ1n) is 4.92. The minimum atomic E-state index is -0.319. The Balaban J connectivity index is 0.000000921. The van der Waals surface area contributed by atoms with Gasteiger partial charge in [-0.1, -0.05) is 13.8 Å². The summed E-state index contributed by atoms with van der Waals surface area (Å²) < 4.78 is 9.62. The van der Waals surface area contributed by atoms with E-state index in [1.54, 1.807) is 25.3 Å². The Morgan fingerprint density at radius 2 is 1.80 bits per heavy atom. The van der Waals surface area contributed by atoms with Gasteiger partial charge < -0.3 is 9.47 Å². The first-order valence-corrected chi connectivity index (χ1v) is 4.92. The average molecular weight is 210 g/mol. The van der Waals surface area contributed by atoms with Crippen LogP contribution in [0.5, 0.6) is 5.75 Å². The molecular formula is C12H18O3. The Bertz CT molecular complexity index is 319. The molecule has 84 valence electrons. The molecule has 3 nitrogen and oxygen atoms in total. The fourth-order valence-corrected chi connectivity index (χ4v) is 1.10. The van der Waals surface area contributed by atoms with Crippen LogP contribution in [0.25, 0.3) is 0 Å². The lowest BCUT2D eigenvalue weighted by atomic mass is 10.1. The van der Waals surface area contributed by atoms with Crippen LogP contribution in [-0.2, 0) is 4.74 Å². The van der Waals surface area contributed by atoms with Gasteiger partial charge in [-0.2, -0.15) is 0 Å². The summed E-state index contributed by atoms with van der Waals surface area (Å²) in [5, 5.41) is 0. The molecule has 0 aliphatic carbocycles. The van der Waals surface area contributed by atoms with E-state index in [1.165, 1.54) is 7.11 Å². The zero-order valence-corrected chi connectivity index (χ0v) is 9.96. The van der Waals surface area contributed by atoms with E-state index in [-0.39, 0.29) is 5.97 Å². The van der Waals surface area contributed by atoms with E-state index in [2.05, 4.69) is 4.74 Å². The van der Waals surface area contributed by atoms with Crippen molar-refractivity contribution in [3.63, 3.8) is 0 Å². The third-order valence-corrected chi connectivity index (χ3v) is 1.84. The van der Waals surface area contributed by atoms with Gasteiger partial charge in [0.2, 0.25) is 0 Å². The SMILES string of the molecule is CC.COC(=O)c1ccc(OC)cc1C. The first kappa shape index (κ1) is 13.5. The average Bonchev–Trinajstić information content (AvgIpc) is 2.30. The summed E-state index contributed by atoms with van der Waals surface area (Å²) in [7, 11) is 2.96. The van der Waals surface area contributed by atoms with Crippen molar-refractivity contribution in [3.8, 4) is 5.75 Å². The van der Waals surface area contributed by atoms with Gasteiger partial charge >= 0.3 is 5.97 Å².